The predicted molar refractivity (Wildman–Crippen MR) is 119 cm³/mol. The van der Waals surface area contributed by atoms with Gasteiger partial charge in [0, 0.05) is 5.25 Å². The molecule has 0 aromatic heterocycles. The topological polar surface area (TPSA) is 77.4 Å². The van der Waals surface area contributed by atoms with E-state index in [1.54, 1.807) is 0 Å². The molecule has 0 fully saturated rings. The number of rotatable bonds is 21. The van der Waals surface area contributed by atoms with Crippen LogP contribution in [0.25, 0.3) is 0 Å². The Hall–Kier alpha value is 1.51. The van der Waals surface area contributed by atoms with Gasteiger partial charge < -0.3 is 9.66 Å². The molecule has 0 amide bonds. The Kier molecular flexibility index (Phi) is 25.6. The van der Waals surface area contributed by atoms with Crippen molar-refractivity contribution >= 4 is 10.1 Å². The van der Waals surface area contributed by atoms with Crippen LogP contribution in [0.1, 0.15) is 136 Å². The van der Waals surface area contributed by atoms with Crippen molar-refractivity contribution in [3.8, 4) is 0 Å². The summed E-state index contributed by atoms with van der Waals surface area (Å²) in [4.78, 5) is 0. The van der Waals surface area contributed by atoms with E-state index in [0.29, 0.717) is 12.8 Å². The molecule has 4 nitrogen and oxygen atoms in total. The number of unbranched alkanes of at least 4 members (excludes halogenated alkanes) is 12. The van der Waals surface area contributed by atoms with Crippen molar-refractivity contribution in [1.82, 2.24) is 0 Å². The second-order valence-electron chi connectivity index (χ2n) is 8.52. The largest absolute Gasteiger partial charge is 1.00 e. The Bertz CT molecular complexity index is 429. The molecule has 0 bridgehead atoms. The van der Waals surface area contributed by atoms with Crippen LogP contribution in [-0.4, -0.2) is 29.4 Å². The first-order chi connectivity index (χ1) is 13.4. The van der Waals surface area contributed by atoms with E-state index in [0.717, 1.165) is 51.4 Å². The van der Waals surface area contributed by atoms with E-state index in [9.17, 15) is 18.1 Å². The zero-order valence-electron chi connectivity index (χ0n) is 19.7. The molecular weight excluding hydrogens is 411 g/mol. The first-order valence-electron chi connectivity index (χ1n) is 12.0. The monoisotopic (exact) mass is 458 g/mol. The number of hydrogen-bond acceptors (Lipinski definition) is 4. The first-order valence-corrected chi connectivity index (χ1v) is 13.5. The van der Waals surface area contributed by atoms with Crippen LogP contribution >= 0.6 is 0 Å². The average molecular weight is 459 g/mol. The van der Waals surface area contributed by atoms with Crippen LogP contribution in [0.15, 0.2) is 0 Å². The fourth-order valence-corrected chi connectivity index (χ4v) is 4.73. The molecule has 0 saturated heterocycles. The SMILES string of the molecule is CCCCCCCCCCC(CCCCC(O)CCCCCCC)S(=O)(=O)[O-].[K+]. The van der Waals surface area contributed by atoms with Gasteiger partial charge in [-0.15, -0.1) is 0 Å². The minimum Gasteiger partial charge on any atom is -0.748 e. The van der Waals surface area contributed by atoms with Gasteiger partial charge in [0.05, 0.1) is 16.2 Å². The van der Waals surface area contributed by atoms with Crippen molar-refractivity contribution in [2.45, 2.75) is 147 Å². The number of aliphatic hydroxyl groups is 1. The summed E-state index contributed by atoms with van der Waals surface area (Å²) in [5.41, 5.74) is 0. The summed E-state index contributed by atoms with van der Waals surface area (Å²) in [6.07, 6.45) is 19.0. The fourth-order valence-electron chi connectivity index (χ4n) is 3.82. The van der Waals surface area contributed by atoms with E-state index in [4.69, 9.17) is 0 Å². The maximum absolute atomic E-state index is 11.5. The second-order valence-corrected chi connectivity index (χ2v) is 10.2. The van der Waals surface area contributed by atoms with Gasteiger partial charge >= 0.3 is 51.4 Å². The summed E-state index contributed by atoms with van der Waals surface area (Å²) < 4.78 is 34.6. The molecule has 6 heteroatoms. The molecule has 0 aliphatic rings. The van der Waals surface area contributed by atoms with Gasteiger partial charge in [-0.3, -0.25) is 0 Å². The molecule has 29 heavy (non-hydrogen) atoms. The molecular formula is C23H47KO4S. The minimum atomic E-state index is -4.21. The summed E-state index contributed by atoms with van der Waals surface area (Å²) in [5.74, 6) is 0. The Morgan fingerprint density at radius 2 is 0.931 bits per heavy atom. The molecule has 0 saturated carbocycles. The Labute approximate surface area is 224 Å². The van der Waals surface area contributed by atoms with Crippen LogP contribution in [0.5, 0.6) is 0 Å². The summed E-state index contributed by atoms with van der Waals surface area (Å²) >= 11 is 0. The van der Waals surface area contributed by atoms with E-state index in [2.05, 4.69) is 13.8 Å². The number of aliphatic hydroxyl groups excluding tert-OH is 1. The van der Waals surface area contributed by atoms with Crippen molar-refractivity contribution in [3.63, 3.8) is 0 Å². The molecule has 0 aromatic carbocycles. The van der Waals surface area contributed by atoms with Gasteiger partial charge in [0.2, 0.25) is 0 Å². The van der Waals surface area contributed by atoms with Crippen molar-refractivity contribution in [2.24, 2.45) is 0 Å². The van der Waals surface area contributed by atoms with Gasteiger partial charge in [0.25, 0.3) is 0 Å². The van der Waals surface area contributed by atoms with Gasteiger partial charge in [0.15, 0.2) is 0 Å². The van der Waals surface area contributed by atoms with Crippen molar-refractivity contribution < 1.29 is 69.5 Å². The predicted octanol–water partition coefficient (Wildman–Crippen LogP) is 3.72. The zero-order valence-corrected chi connectivity index (χ0v) is 23.6. The Morgan fingerprint density at radius 1 is 0.621 bits per heavy atom. The molecule has 0 heterocycles. The van der Waals surface area contributed by atoms with E-state index < -0.39 is 15.4 Å². The zero-order chi connectivity index (χ0) is 21.1. The van der Waals surface area contributed by atoms with Crippen LogP contribution < -0.4 is 51.4 Å². The van der Waals surface area contributed by atoms with Crippen LogP contribution in [0.4, 0.5) is 0 Å². The van der Waals surface area contributed by atoms with Crippen LogP contribution in [0, 0.1) is 0 Å². The minimum absolute atomic E-state index is 0. The molecule has 0 rings (SSSR count). The maximum atomic E-state index is 11.5. The summed E-state index contributed by atoms with van der Waals surface area (Å²) in [5, 5.41) is 9.29. The van der Waals surface area contributed by atoms with E-state index in [1.807, 2.05) is 0 Å². The van der Waals surface area contributed by atoms with Gasteiger partial charge in [-0.1, -0.05) is 110 Å². The smallest absolute Gasteiger partial charge is 0.748 e. The fraction of sp³-hybridized carbons (Fsp3) is 1.00. The Morgan fingerprint density at radius 3 is 1.34 bits per heavy atom. The first kappa shape index (κ1) is 32.7. The third-order valence-corrected chi connectivity index (χ3v) is 7.03. The van der Waals surface area contributed by atoms with Gasteiger partial charge in [-0.2, -0.15) is 0 Å². The summed E-state index contributed by atoms with van der Waals surface area (Å²) in [6, 6.07) is 0. The summed E-state index contributed by atoms with van der Waals surface area (Å²) in [7, 11) is -4.21. The van der Waals surface area contributed by atoms with E-state index in [1.165, 1.54) is 57.8 Å². The van der Waals surface area contributed by atoms with Crippen molar-refractivity contribution in [3.05, 3.63) is 0 Å². The Balaban J connectivity index is 0. The van der Waals surface area contributed by atoms with Crippen LogP contribution in [-0.2, 0) is 10.1 Å². The van der Waals surface area contributed by atoms with E-state index >= 15 is 0 Å². The molecule has 0 spiro atoms. The molecule has 2 atom stereocenters. The molecule has 0 aliphatic heterocycles. The molecule has 2 unspecified atom stereocenters. The van der Waals surface area contributed by atoms with Crippen molar-refractivity contribution in [2.75, 3.05) is 0 Å². The second kappa shape index (κ2) is 22.7. The van der Waals surface area contributed by atoms with Gasteiger partial charge in [-0.05, 0) is 25.7 Å². The molecule has 0 aromatic rings. The quantitative estimate of drug-likeness (QED) is 0.162. The molecule has 1 N–H and O–H groups in total. The maximum Gasteiger partial charge on any atom is 1.00 e. The van der Waals surface area contributed by atoms with Gasteiger partial charge in [-0.25, -0.2) is 8.42 Å². The van der Waals surface area contributed by atoms with Crippen molar-refractivity contribution in [1.29, 1.82) is 0 Å². The van der Waals surface area contributed by atoms with Crippen LogP contribution in [0.2, 0.25) is 0 Å². The third-order valence-electron chi connectivity index (χ3n) is 5.74. The molecule has 0 radical (unpaired) electrons. The van der Waals surface area contributed by atoms with Crippen LogP contribution in [0.3, 0.4) is 0 Å². The third kappa shape index (κ3) is 22.5. The number of hydrogen-bond donors (Lipinski definition) is 1. The molecule has 0 aliphatic carbocycles. The average Bonchev–Trinajstić information content (AvgIpc) is 2.64. The molecule has 170 valence electrons. The standard InChI is InChI=1S/C23H48O4S.K/c1-3-5-7-9-10-11-13-15-20-23(28(25,26)27)21-17-16-19-22(24)18-14-12-8-6-4-2;/h22-24H,3-21H2,1-2H3,(H,25,26,27);/q;+1/p-1. The summed E-state index contributed by atoms with van der Waals surface area (Å²) in [6.45, 7) is 4.40. The normalized spacial score (nSPS) is 13.8. The van der Waals surface area contributed by atoms with Gasteiger partial charge in [0.1, 0.15) is 0 Å². The van der Waals surface area contributed by atoms with E-state index in [-0.39, 0.29) is 57.5 Å².